The Morgan fingerprint density at radius 3 is 2.15 bits per heavy atom. The first-order valence-electron chi connectivity index (χ1n) is 11.0. The number of hydrogen-bond donors (Lipinski definition) is 1. The molecule has 0 aliphatic rings. The van der Waals surface area contributed by atoms with Crippen molar-refractivity contribution in [1.29, 1.82) is 0 Å². The van der Waals surface area contributed by atoms with E-state index in [1.54, 1.807) is 49.6 Å². The summed E-state index contributed by atoms with van der Waals surface area (Å²) in [5.74, 6) is 0.667. The fraction of sp³-hybridized carbons (Fsp3) is 0.269. The molecule has 8 heteroatoms. The van der Waals surface area contributed by atoms with Crippen molar-refractivity contribution in [1.82, 2.24) is 5.32 Å². The van der Waals surface area contributed by atoms with Gasteiger partial charge in [0.15, 0.2) is 0 Å². The second-order valence-electron chi connectivity index (χ2n) is 8.32. The van der Waals surface area contributed by atoms with Gasteiger partial charge in [0, 0.05) is 4.47 Å². The second-order valence-corrected chi connectivity index (χ2v) is 11.1. The Balaban J connectivity index is 1.89. The van der Waals surface area contributed by atoms with Crippen molar-refractivity contribution in [2.45, 2.75) is 31.2 Å². The molecule has 0 aliphatic heterocycles. The first kappa shape index (κ1) is 25.8. The van der Waals surface area contributed by atoms with E-state index in [-0.39, 0.29) is 23.4 Å². The Hall–Kier alpha value is -2.84. The molecule has 1 N–H and O–H groups in total. The molecule has 0 saturated carbocycles. The molecule has 0 fully saturated rings. The lowest BCUT2D eigenvalue weighted by molar-refractivity contribution is -0.120. The fourth-order valence-electron chi connectivity index (χ4n) is 3.60. The minimum atomic E-state index is -3.95. The van der Waals surface area contributed by atoms with E-state index in [0.717, 1.165) is 20.1 Å². The predicted octanol–water partition coefficient (Wildman–Crippen LogP) is 5.56. The minimum Gasteiger partial charge on any atom is -0.497 e. The van der Waals surface area contributed by atoms with Crippen molar-refractivity contribution in [2.24, 2.45) is 5.92 Å². The van der Waals surface area contributed by atoms with E-state index in [9.17, 15) is 13.2 Å². The number of anilines is 1. The molecule has 0 bridgehead atoms. The maximum atomic E-state index is 13.5. The van der Waals surface area contributed by atoms with Gasteiger partial charge in [0.2, 0.25) is 5.91 Å². The van der Waals surface area contributed by atoms with E-state index in [1.165, 1.54) is 12.1 Å². The number of halogens is 1. The van der Waals surface area contributed by atoms with Crippen molar-refractivity contribution < 1.29 is 17.9 Å². The van der Waals surface area contributed by atoms with Crippen LogP contribution in [0.15, 0.2) is 88.2 Å². The number of methoxy groups -OCH3 is 1. The molecule has 3 rings (SSSR count). The minimum absolute atomic E-state index is 0.125. The molecular formula is C26H29BrN2O4S. The molecule has 180 valence electrons. The van der Waals surface area contributed by atoms with Gasteiger partial charge in [0.05, 0.1) is 23.7 Å². The highest BCUT2D eigenvalue weighted by Crippen LogP contribution is 2.27. The van der Waals surface area contributed by atoms with Gasteiger partial charge in [-0.15, -0.1) is 0 Å². The molecule has 0 aliphatic carbocycles. The number of hydrogen-bond acceptors (Lipinski definition) is 4. The molecule has 0 heterocycles. The van der Waals surface area contributed by atoms with Gasteiger partial charge in [-0.25, -0.2) is 8.42 Å². The zero-order valence-electron chi connectivity index (χ0n) is 19.4. The van der Waals surface area contributed by atoms with Crippen LogP contribution in [0.1, 0.15) is 31.9 Å². The molecule has 1 amide bonds. The quantitative estimate of drug-likeness (QED) is 0.362. The third-order valence-corrected chi connectivity index (χ3v) is 7.61. The first-order chi connectivity index (χ1) is 16.2. The van der Waals surface area contributed by atoms with Crippen LogP contribution >= 0.6 is 15.9 Å². The van der Waals surface area contributed by atoms with E-state index in [2.05, 4.69) is 35.1 Å². The van der Waals surface area contributed by atoms with Crippen LogP contribution < -0.4 is 14.4 Å². The summed E-state index contributed by atoms with van der Waals surface area (Å²) in [6.45, 7) is 3.82. The summed E-state index contributed by atoms with van der Waals surface area (Å²) < 4.78 is 34.1. The Kier molecular flexibility index (Phi) is 8.74. The van der Waals surface area contributed by atoms with Crippen molar-refractivity contribution >= 4 is 37.5 Å². The van der Waals surface area contributed by atoms with E-state index in [1.807, 2.05) is 24.3 Å². The van der Waals surface area contributed by atoms with Gasteiger partial charge >= 0.3 is 0 Å². The molecule has 0 unspecified atom stereocenters. The van der Waals surface area contributed by atoms with Gasteiger partial charge in [0.25, 0.3) is 10.0 Å². The Bertz CT molecular complexity index is 1180. The average Bonchev–Trinajstić information content (AvgIpc) is 2.83. The third kappa shape index (κ3) is 6.61. The van der Waals surface area contributed by atoms with Gasteiger partial charge in [-0.2, -0.15) is 0 Å². The van der Waals surface area contributed by atoms with Gasteiger partial charge in [-0.05, 0) is 66.4 Å². The van der Waals surface area contributed by atoms with Crippen LogP contribution in [-0.2, 0) is 14.8 Å². The number of carbonyl (C=O) groups excluding carboxylic acids is 1. The van der Waals surface area contributed by atoms with Crippen LogP contribution in [0.5, 0.6) is 5.75 Å². The molecule has 0 saturated heterocycles. The zero-order valence-corrected chi connectivity index (χ0v) is 21.8. The maximum Gasteiger partial charge on any atom is 0.264 e. The normalized spacial score (nSPS) is 12.3. The molecule has 1 atom stereocenters. The Labute approximate surface area is 210 Å². The highest BCUT2D eigenvalue weighted by molar-refractivity contribution is 9.10. The largest absolute Gasteiger partial charge is 0.497 e. The number of nitrogens with zero attached hydrogens (tertiary/aromatic N) is 1. The molecule has 0 spiro atoms. The highest BCUT2D eigenvalue weighted by Gasteiger charge is 2.28. The summed E-state index contributed by atoms with van der Waals surface area (Å²) in [5, 5.41) is 3.04. The van der Waals surface area contributed by atoms with E-state index >= 15 is 0 Å². The fourth-order valence-corrected chi connectivity index (χ4v) is 5.30. The number of benzene rings is 3. The van der Waals surface area contributed by atoms with Crippen molar-refractivity contribution in [3.05, 3.63) is 88.9 Å². The lowest BCUT2D eigenvalue weighted by Crippen LogP contribution is -2.42. The third-order valence-electron chi connectivity index (χ3n) is 5.29. The van der Waals surface area contributed by atoms with Gasteiger partial charge in [-0.1, -0.05) is 60.1 Å². The van der Waals surface area contributed by atoms with Crippen LogP contribution in [0, 0.1) is 5.92 Å². The molecule has 3 aromatic carbocycles. The van der Waals surface area contributed by atoms with Gasteiger partial charge < -0.3 is 10.1 Å². The van der Waals surface area contributed by atoms with E-state index in [4.69, 9.17) is 4.74 Å². The number of rotatable bonds is 10. The SMILES string of the molecule is COc1ccc([C@H](CC(C)C)NC(=O)CN(c2ccc(Br)cc2)S(=O)(=O)c2ccccc2)cc1. The van der Waals surface area contributed by atoms with Gasteiger partial charge in [-0.3, -0.25) is 9.10 Å². The molecule has 6 nitrogen and oxygen atoms in total. The number of ether oxygens (including phenoxy) is 1. The van der Waals surface area contributed by atoms with Crippen molar-refractivity contribution in [3.8, 4) is 5.75 Å². The summed E-state index contributed by atoms with van der Waals surface area (Å²) in [4.78, 5) is 13.3. The molecule has 0 aromatic heterocycles. The number of amides is 1. The summed E-state index contributed by atoms with van der Waals surface area (Å²) in [5.41, 5.74) is 1.34. The second kappa shape index (κ2) is 11.5. The summed E-state index contributed by atoms with van der Waals surface area (Å²) in [6.07, 6.45) is 0.710. The van der Waals surface area contributed by atoms with Crippen LogP contribution in [0.4, 0.5) is 5.69 Å². The lowest BCUT2D eigenvalue weighted by atomic mass is 9.97. The molecule has 3 aromatic rings. The van der Waals surface area contributed by atoms with Gasteiger partial charge in [0.1, 0.15) is 12.3 Å². The summed E-state index contributed by atoms with van der Waals surface area (Å²) in [7, 11) is -2.35. The lowest BCUT2D eigenvalue weighted by Gasteiger charge is -2.26. The molecule has 0 radical (unpaired) electrons. The van der Waals surface area contributed by atoms with Crippen LogP contribution in [-0.4, -0.2) is 28.0 Å². The number of sulfonamides is 1. The summed E-state index contributed by atoms with van der Waals surface area (Å²) in [6, 6.07) is 22.2. The average molecular weight is 545 g/mol. The predicted molar refractivity (Wildman–Crippen MR) is 138 cm³/mol. The number of carbonyl (C=O) groups is 1. The zero-order chi connectivity index (χ0) is 24.7. The molecular weight excluding hydrogens is 516 g/mol. The van der Waals surface area contributed by atoms with Crippen LogP contribution in [0.2, 0.25) is 0 Å². The van der Waals surface area contributed by atoms with Crippen molar-refractivity contribution in [2.75, 3.05) is 18.0 Å². The Morgan fingerprint density at radius 2 is 1.59 bits per heavy atom. The maximum absolute atomic E-state index is 13.5. The monoisotopic (exact) mass is 544 g/mol. The first-order valence-corrected chi connectivity index (χ1v) is 13.2. The molecule has 34 heavy (non-hydrogen) atoms. The highest BCUT2D eigenvalue weighted by atomic mass is 79.9. The number of nitrogens with one attached hydrogen (secondary N) is 1. The Morgan fingerprint density at radius 1 is 0.971 bits per heavy atom. The standard InChI is InChI=1S/C26H29BrN2O4S/c1-19(2)17-25(20-9-15-23(33-3)16-10-20)28-26(30)18-29(22-13-11-21(27)12-14-22)34(31,32)24-7-5-4-6-8-24/h4-16,19,25H,17-18H2,1-3H3,(H,28,30)/t25-/m0/s1. The van der Waals surface area contributed by atoms with Crippen LogP contribution in [0.3, 0.4) is 0 Å². The van der Waals surface area contributed by atoms with E-state index in [0.29, 0.717) is 18.0 Å². The van der Waals surface area contributed by atoms with E-state index < -0.39 is 10.0 Å². The smallest absolute Gasteiger partial charge is 0.264 e. The topological polar surface area (TPSA) is 75.7 Å². The van der Waals surface area contributed by atoms with Crippen LogP contribution in [0.25, 0.3) is 0 Å². The summed E-state index contributed by atoms with van der Waals surface area (Å²) >= 11 is 3.38. The van der Waals surface area contributed by atoms with Crippen molar-refractivity contribution in [3.63, 3.8) is 0 Å².